The molecule has 0 N–H and O–H groups in total. The molecule has 0 aliphatic carbocycles. The SMILES string of the molecule is CC(C)(C)c1cccc(-c2ccc(-c3cc(C(C)(C)C)cc(-c4ccccc4C(C)(C)C)c3N3CN(c4cccc(Oc5ccc6c7ccccc7n(-c7cc(C(C)(C)C)ccn7)c6c5)c4)c4ccccc43)cc2)c1. The van der Waals surface area contributed by atoms with Crippen LogP contribution in [0.2, 0.25) is 0 Å². The van der Waals surface area contributed by atoms with Gasteiger partial charge < -0.3 is 14.5 Å². The summed E-state index contributed by atoms with van der Waals surface area (Å²) in [5, 5.41) is 2.34. The van der Waals surface area contributed by atoms with Crippen molar-refractivity contribution < 1.29 is 4.74 Å². The van der Waals surface area contributed by atoms with Gasteiger partial charge in [-0.3, -0.25) is 4.57 Å². The summed E-state index contributed by atoms with van der Waals surface area (Å²) in [6.07, 6.45) is 1.93. The number of rotatable bonds is 8. The number of hydrogen-bond donors (Lipinski definition) is 0. The minimum absolute atomic E-state index is 0.0197. The first-order valence-electron chi connectivity index (χ1n) is 26.6. The zero-order chi connectivity index (χ0) is 52.6. The molecular formula is C70H70N4O. The topological polar surface area (TPSA) is 33.5 Å². The van der Waals surface area contributed by atoms with Gasteiger partial charge in [0.25, 0.3) is 0 Å². The molecule has 5 heteroatoms. The van der Waals surface area contributed by atoms with Crippen LogP contribution in [0, 0.1) is 0 Å². The van der Waals surface area contributed by atoms with Crippen LogP contribution in [0.25, 0.3) is 61.0 Å². The molecule has 11 rings (SSSR count). The first-order valence-corrected chi connectivity index (χ1v) is 26.6. The van der Waals surface area contributed by atoms with E-state index in [9.17, 15) is 0 Å². The number of pyridine rings is 1. The highest BCUT2D eigenvalue weighted by Gasteiger charge is 2.34. The molecule has 1 aliphatic rings. The number of nitrogens with zero attached hydrogens (tertiary/aromatic N) is 4. The second kappa shape index (κ2) is 18.5. The van der Waals surface area contributed by atoms with Gasteiger partial charge in [0.2, 0.25) is 0 Å². The average molecular weight is 983 g/mol. The van der Waals surface area contributed by atoms with Crippen LogP contribution in [0.3, 0.4) is 0 Å². The predicted molar refractivity (Wildman–Crippen MR) is 318 cm³/mol. The van der Waals surface area contributed by atoms with E-state index >= 15 is 0 Å². The summed E-state index contributed by atoms with van der Waals surface area (Å²) >= 11 is 0. The lowest BCUT2D eigenvalue weighted by Gasteiger charge is -2.32. The van der Waals surface area contributed by atoms with Gasteiger partial charge in [-0.15, -0.1) is 0 Å². The minimum Gasteiger partial charge on any atom is -0.457 e. The van der Waals surface area contributed by atoms with Gasteiger partial charge >= 0.3 is 0 Å². The summed E-state index contributed by atoms with van der Waals surface area (Å²) in [4.78, 5) is 9.91. The van der Waals surface area contributed by atoms with Gasteiger partial charge in [-0.2, -0.15) is 0 Å². The Morgan fingerprint density at radius 1 is 0.400 bits per heavy atom. The Balaban J connectivity index is 1.02. The summed E-state index contributed by atoms with van der Waals surface area (Å²) < 4.78 is 9.16. The Kier molecular flexibility index (Phi) is 12.2. The first kappa shape index (κ1) is 49.3. The third kappa shape index (κ3) is 9.39. The van der Waals surface area contributed by atoms with E-state index in [1.54, 1.807) is 0 Å². The van der Waals surface area contributed by atoms with Gasteiger partial charge in [0.1, 0.15) is 24.0 Å². The van der Waals surface area contributed by atoms with E-state index in [0.717, 1.165) is 50.8 Å². The van der Waals surface area contributed by atoms with Gasteiger partial charge in [-0.25, -0.2) is 4.98 Å². The molecule has 0 radical (unpaired) electrons. The van der Waals surface area contributed by atoms with Crippen LogP contribution in [0.15, 0.2) is 194 Å². The van der Waals surface area contributed by atoms with Crippen LogP contribution in [-0.4, -0.2) is 16.2 Å². The van der Waals surface area contributed by atoms with Crippen molar-refractivity contribution >= 4 is 44.6 Å². The average Bonchev–Trinajstić information content (AvgIpc) is 3.94. The van der Waals surface area contributed by atoms with Crippen molar-refractivity contribution in [3.63, 3.8) is 0 Å². The fourth-order valence-corrected chi connectivity index (χ4v) is 10.9. The third-order valence-corrected chi connectivity index (χ3v) is 15.1. The lowest BCUT2D eigenvalue weighted by molar-refractivity contribution is 0.483. The molecule has 0 bridgehead atoms. The molecule has 0 amide bonds. The van der Waals surface area contributed by atoms with Crippen molar-refractivity contribution in [2.24, 2.45) is 0 Å². The molecule has 0 saturated heterocycles. The van der Waals surface area contributed by atoms with E-state index < -0.39 is 0 Å². The Hall–Kier alpha value is -7.89. The van der Waals surface area contributed by atoms with E-state index in [0.29, 0.717) is 6.67 Å². The Bertz CT molecular complexity index is 3770. The molecule has 8 aromatic carbocycles. The minimum atomic E-state index is -0.114. The molecule has 0 atom stereocenters. The van der Waals surface area contributed by atoms with Gasteiger partial charge in [-0.05, 0) is 133 Å². The van der Waals surface area contributed by atoms with E-state index in [1.165, 1.54) is 66.7 Å². The molecule has 5 nitrogen and oxygen atoms in total. The normalized spacial score (nSPS) is 13.2. The Morgan fingerprint density at radius 3 is 1.75 bits per heavy atom. The smallest absolute Gasteiger partial charge is 0.137 e. The monoisotopic (exact) mass is 983 g/mol. The quantitative estimate of drug-likeness (QED) is 0.152. The van der Waals surface area contributed by atoms with Gasteiger partial charge in [0.05, 0.1) is 28.1 Å². The lowest BCUT2D eigenvalue weighted by Crippen LogP contribution is -2.25. The maximum absolute atomic E-state index is 6.89. The second-order valence-electron chi connectivity index (χ2n) is 24.6. The number of anilines is 4. The first-order chi connectivity index (χ1) is 35.7. The van der Waals surface area contributed by atoms with Crippen molar-refractivity contribution in [1.29, 1.82) is 0 Å². The van der Waals surface area contributed by atoms with Crippen LogP contribution in [-0.2, 0) is 21.7 Å². The van der Waals surface area contributed by atoms with Crippen LogP contribution < -0.4 is 14.5 Å². The fourth-order valence-electron chi connectivity index (χ4n) is 10.9. The van der Waals surface area contributed by atoms with Crippen LogP contribution in [0.5, 0.6) is 11.5 Å². The number of aromatic nitrogens is 2. The van der Waals surface area contributed by atoms with Gasteiger partial charge in [-0.1, -0.05) is 192 Å². The molecule has 10 aromatic rings. The summed E-state index contributed by atoms with van der Waals surface area (Å²) in [6.45, 7) is 28.2. The maximum atomic E-state index is 6.89. The zero-order valence-electron chi connectivity index (χ0n) is 45.9. The van der Waals surface area contributed by atoms with Crippen molar-refractivity contribution in [2.75, 3.05) is 16.5 Å². The number of para-hydroxylation sites is 3. The lowest BCUT2D eigenvalue weighted by atomic mass is 9.78. The van der Waals surface area contributed by atoms with E-state index in [1.807, 2.05) is 6.20 Å². The molecule has 0 unspecified atom stereocenters. The number of benzene rings is 8. The molecule has 0 saturated carbocycles. The molecule has 376 valence electrons. The van der Waals surface area contributed by atoms with E-state index in [-0.39, 0.29) is 21.7 Å². The van der Waals surface area contributed by atoms with Crippen LogP contribution >= 0.6 is 0 Å². The molecule has 3 heterocycles. The summed E-state index contributed by atoms with van der Waals surface area (Å²) in [5.74, 6) is 2.42. The molecule has 0 fully saturated rings. The summed E-state index contributed by atoms with van der Waals surface area (Å²) in [7, 11) is 0. The van der Waals surface area contributed by atoms with E-state index in [4.69, 9.17) is 9.72 Å². The van der Waals surface area contributed by atoms with Crippen LogP contribution in [0.4, 0.5) is 22.7 Å². The molecule has 1 aliphatic heterocycles. The van der Waals surface area contributed by atoms with Gasteiger partial charge in [0.15, 0.2) is 0 Å². The molecule has 0 spiro atoms. The van der Waals surface area contributed by atoms with E-state index in [2.05, 4.69) is 286 Å². The summed E-state index contributed by atoms with van der Waals surface area (Å²) in [5.41, 5.74) is 19.0. The Labute approximate surface area is 445 Å². The molecule has 2 aromatic heterocycles. The fraction of sp³-hybridized carbons (Fsp3) is 0.243. The second-order valence-corrected chi connectivity index (χ2v) is 24.6. The highest BCUT2D eigenvalue weighted by Crippen LogP contribution is 2.53. The van der Waals surface area contributed by atoms with Crippen LogP contribution in [0.1, 0.15) is 105 Å². The number of hydrogen-bond acceptors (Lipinski definition) is 4. The van der Waals surface area contributed by atoms with Crippen molar-refractivity contribution in [2.45, 2.75) is 105 Å². The zero-order valence-corrected chi connectivity index (χ0v) is 45.9. The largest absolute Gasteiger partial charge is 0.457 e. The van der Waals surface area contributed by atoms with Crippen molar-refractivity contribution in [3.8, 4) is 50.7 Å². The number of fused-ring (bicyclic) bond motifs is 4. The highest BCUT2D eigenvalue weighted by atomic mass is 16.5. The molecule has 75 heavy (non-hydrogen) atoms. The van der Waals surface area contributed by atoms with Crippen molar-refractivity contribution in [1.82, 2.24) is 9.55 Å². The summed E-state index contributed by atoms with van der Waals surface area (Å²) in [6, 6.07) is 69.1. The maximum Gasteiger partial charge on any atom is 0.137 e. The predicted octanol–water partition coefficient (Wildman–Crippen LogP) is 19.4. The third-order valence-electron chi connectivity index (χ3n) is 15.1. The highest BCUT2D eigenvalue weighted by molar-refractivity contribution is 6.09. The molecular weight excluding hydrogens is 913 g/mol. The van der Waals surface area contributed by atoms with Crippen molar-refractivity contribution in [3.05, 3.63) is 217 Å². The number of ether oxygens (including phenoxy) is 1. The standard InChI is InChI=1S/C70H70N4O/c1-67(2,3)49-22-19-21-48(39-49)46-31-33-47(34-32-46)58-40-51(69(7,8)9)41-59(55-25-13-15-27-60(55)70(10,11)12)66(58)73-45-72(62-29-17-18-30-63(62)73)52-23-20-24-53(43-52)75-54-35-36-57-56-26-14-16-28-61(56)74(64(57)44-54)65-42-50(37-38-71-65)68(4,5)6/h13-44H,45H2,1-12H3. The Morgan fingerprint density at radius 2 is 1.01 bits per heavy atom. The van der Waals surface area contributed by atoms with Gasteiger partial charge in [0, 0.05) is 45.9 Å².